The zero-order valence-corrected chi connectivity index (χ0v) is 12.1. The summed E-state index contributed by atoms with van der Waals surface area (Å²) in [5, 5.41) is 3.08. The van der Waals surface area contributed by atoms with Crippen LogP contribution in [0.3, 0.4) is 0 Å². The lowest BCUT2D eigenvalue weighted by atomic mass is 10.1. The van der Waals surface area contributed by atoms with E-state index in [0.717, 1.165) is 25.1 Å². The lowest BCUT2D eigenvalue weighted by molar-refractivity contribution is 0.0783. The van der Waals surface area contributed by atoms with Crippen LogP contribution in [-0.2, 0) is 11.2 Å². The van der Waals surface area contributed by atoms with Gasteiger partial charge in [-0.1, -0.05) is 19.1 Å². The van der Waals surface area contributed by atoms with Gasteiger partial charge in [-0.05, 0) is 44.4 Å². The molecular weight excluding hydrogens is 238 g/mol. The number of ether oxygens (including phenoxy) is 1. The molecule has 0 atom stereocenters. The van der Waals surface area contributed by atoms with Gasteiger partial charge in [0.1, 0.15) is 0 Å². The number of guanidine groups is 1. The highest BCUT2D eigenvalue weighted by Gasteiger charge is 1.96. The van der Waals surface area contributed by atoms with Crippen LogP contribution in [0.5, 0.6) is 0 Å². The Bertz CT molecular complexity index is 385. The Balaban J connectivity index is 2.30. The van der Waals surface area contributed by atoms with E-state index in [4.69, 9.17) is 10.5 Å². The molecule has 0 aliphatic rings. The summed E-state index contributed by atoms with van der Waals surface area (Å²) < 4.78 is 5.44. The van der Waals surface area contributed by atoms with E-state index < -0.39 is 0 Å². The first-order valence-corrected chi connectivity index (χ1v) is 6.89. The van der Waals surface area contributed by atoms with Crippen LogP contribution in [0.1, 0.15) is 32.8 Å². The van der Waals surface area contributed by atoms with Crippen LogP contribution in [0.25, 0.3) is 0 Å². The number of nitrogens with zero attached hydrogens (tertiary/aromatic N) is 1. The number of nitrogens with one attached hydrogen (secondary N) is 1. The minimum absolute atomic E-state index is 0.275. The van der Waals surface area contributed by atoms with Crippen molar-refractivity contribution in [1.29, 1.82) is 0 Å². The maximum atomic E-state index is 5.82. The van der Waals surface area contributed by atoms with E-state index in [9.17, 15) is 0 Å². The number of hydrogen-bond donors (Lipinski definition) is 2. The fourth-order valence-electron chi connectivity index (χ4n) is 1.59. The van der Waals surface area contributed by atoms with Gasteiger partial charge < -0.3 is 15.8 Å². The van der Waals surface area contributed by atoms with Crippen molar-refractivity contribution in [2.45, 2.75) is 39.7 Å². The molecule has 4 heteroatoms. The van der Waals surface area contributed by atoms with Gasteiger partial charge in [0.15, 0.2) is 5.96 Å². The summed E-state index contributed by atoms with van der Waals surface area (Å²) in [6, 6.07) is 8.21. The fraction of sp³-hybridized carbons (Fsp3) is 0.533. The zero-order valence-electron chi connectivity index (χ0n) is 12.1. The summed E-state index contributed by atoms with van der Waals surface area (Å²) in [5.74, 6) is 0.453. The molecule has 0 amide bonds. The van der Waals surface area contributed by atoms with Crippen molar-refractivity contribution in [2.24, 2.45) is 10.7 Å². The number of aryl methyl sites for hydroxylation is 1. The van der Waals surface area contributed by atoms with Crippen molar-refractivity contribution in [2.75, 3.05) is 18.5 Å². The normalized spacial score (nSPS) is 11.9. The van der Waals surface area contributed by atoms with Crippen LogP contribution in [0.4, 0.5) is 5.69 Å². The number of hydrogen-bond acceptors (Lipinski definition) is 2. The molecule has 19 heavy (non-hydrogen) atoms. The van der Waals surface area contributed by atoms with Gasteiger partial charge in [0, 0.05) is 18.8 Å². The van der Waals surface area contributed by atoms with E-state index in [-0.39, 0.29) is 6.10 Å². The molecule has 1 rings (SSSR count). The van der Waals surface area contributed by atoms with E-state index in [0.29, 0.717) is 12.5 Å². The summed E-state index contributed by atoms with van der Waals surface area (Å²) in [5.41, 5.74) is 8.10. The lowest BCUT2D eigenvalue weighted by Crippen LogP contribution is -2.23. The standard InChI is InChI=1S/C15H25N3O/c1-4-13-6-8-14(9-7-13)18-15(16)17-10-5-11-19-12(2)3/h6-9,12H,4-5,10-11H2,1-3H3,(H3,16,17,18). The molecule has 0 fully saturated rings. The van der Waals surface area contributed by atoms with Crippen LogP contribution in [0, 0.1) is 0 Å². The molecule has 1 aromatic carbocycles. The first-order chi connectivity index (χ1) is 9.11. The fourth-order valence-corrected chi connectivity index (χ4v) is 1.59. The van der Waals surface area contributed by atoms with Gasteiger partial charge in [-0.15, -0.1) is 0 Å². The highest BCUT2D eigenvalue weighted by molar-refractivity contribution is 5.92. The number of benzene rings is 1. The molecule has 4 nitrogen and oxygen atoms in total. The van der Waals surface area contributed by atoms with Crippen molar-refractivity contribution >= 4 is 11.6 Å². The molecule has 0 spiro atoms. The predicted molar refractivity (Wildman–Crippen MR) is 81.6 cm³/mol. The Kier molecular flexibility index (Phi) is 6.97. The highest BCUT2D eigenvalue weighted by Crippen LogP contribution is 2.09. The third kappa shape index (κ3) is 6.82. The molecule has 106 valence electrons. The first kappa shape index (κ1) is 15.5. The van der Waals surface area contributed by atoms with Crippen molar-refractivity contribution in [3.8, 4) is 0 Å². The molecule has 0 aliphatic heterocycles. The van der Waals surface area contributed by atoms with Gasteiger partial charge in [0.25, 0.3) is 0 Å². The quantitative estimate of drug-likeness (QED) is 0.452. The second kappa shape index (κ2) is 8.53. The Labute approximate surface area is 116 Å². The van der Waals surface area contributed by atoms with Gasteiger partial charge >= 0.3 is 0 Å². The Morgan fingerprint density at radius 1 is 1.32 bits per heavy atom. The summed E-state index contributed by atoms with van der Waals surface area (Å²) in [4.78, 5) is 4.26. The molecule has 0 heterocycles. The average Bonchev–Trinajstić information content (AvgIpc) is 2.39. The van der Waals surface area contributed by atoms with Gasteiger partial charge in [0.2, 0.25) is 0 Å². The summed E-state index contributed by atoms with van der Waals surface area (Å²) in [6.45, 7) is 7.59. The van der Waals surface area contributed by atoms with E-state index >= 15 is 0 Å². The summed E-state index contributed by atoms with van der Waals surface area (Å²) >= 11 is 0. The molecule has 0 aliphatic carbocycles. The average molecular weight is 263 g/mol. The molecule has 0 unspecified atom stereocenters. The lowest BCUT2D eigenvalue weighted by Gasteiger charge is -2.07. The maximum absolute atomic E-state index is 5.82. The molecule has 0 radical (unpaired) electrons. The van der Waals surface area contributed by atoms with Crippen LogP contribution in [0.2, 0.25) is 0 Å². The molecule has 0 saturated heterocycles. The van der Waals surface area contributed by atoms with Crippen molar-refractivity contribution < 1.29 is 4.74 Å². The van der Waals surface area contributed by atoms with Crippen LogP contribution >= 0.6 is 0 Å². The second-order valence-electron chi connectivity index (χ2n) is 4.72. The SMILES string of the molecule is CCc1ccc(NC(N)=NCCCOC(C)C)cc1. The molecule has 0 saturated carbocycles. The highest BCUT2D eigenvalue weighted by atomic mass is 16.5. The minimum Gasteiger partial charge on any atom is -0.379 e. The van der Waals surface area contributed by atoms with Gasteiger partial charge in [-0.2, -0.15) is 0 Å². The maximum Gasteiger partial charge on any atom is 0.193 e. The number of nitrogens with two attached hydrogens (primary N) is 1. The van der Waals surface area contributed by atoms with Crippen molar-refractivity contribution in [3.05, 3.63) is 29.8 Å². The first-order valence-electron chi connectivity index (χ1n) is 6.89. The van der Waals surface area contributed by atoms with Crippen molar-refractivity contribution in [1.82, 2.24) is 0 Å². The zero-order chi connectivity index (χ0) is 14.1. The number of anilines is 1. The topological polar surface area (TPSA) is 59.6 Å². The van der Waals surface area contributed by atoms with Gasteiger partial charge in [-0.25, -0.2) is 0 Å². The molecular formula is C15H25N3O. The monoisotopic (exact) mass is 263 g/mol. The Hall–Kier alpha value is -1.55. The van der Waals surface area contributed by atoms with E-state index in [1.54, 1.807) is 0 Å². The van der Waals surface area contributed by atoms with Crippen LogP contribution < -0.4 is 11.1 Å². The van der Waals surface area contributed by atoms with E-state index in [2.05, 4.69) is 29.4 Å². The van der Waals surface area contributed by atoms with Gasteiger partial charge in [-0.3, -0.25) is 4.99 Å². The van der Waals surface area contributed by atoms with Crippen LogP contribution in [0.15, 0.2) is 29.3 Å². The number of aliphatic imine (C=N–C) groups is 1. The van der Waals surface area contributed by atoms with Crippen LogP contribution in [-0.4, -0.2) is 25.2 Å². The van der Waals surface area contributed by atoms with E-state index in [1.807, 2.05) is 26.0 Å². The van der Waals surface area contributed by atoms with E-state index in [1.165, 1.54) is 5.56 Å². The predicted octanol–water partition coefficient (Wildman–Crippen LogP) is 2.79. The second-order valence-corrected chi connectivity index (χ2v) is 4.72. The Morgan fingerprint density at radius 2 is 2.00 bits per heavy atom. The van der Waals surface area contributed by atoms with Gasteiger partial charge in [0.05, 0.1) is 6.10 Å². The number of rotatable bonds is 7. The summed E-state index contributed by atoms with van der Waals surface area (Å²) in [7, 11) is 0. The molecule has 0 bridgehead atoms. The third-order valence-electron chi connectivity index (χ3n) is 2.67. The molecule has 3 N–H and O–H groups in total. The minimum atomic E-state index is 0.275. The van der Waals surface area contributed by atoms with Crippen molar-refractivity contribution in [3.63, 3.8) is 0 Å². The molecule has 0 aromatic heterocycles. The summed E-state index contributed by atoms with van der Waals surface area (Å²) in [6.07, 6.45) is 2.20. The molecule has 1 aromatic rings. The Morgan fingerprint density at radius 3 is 2.58 bits per heavy atom. The smallest absolute Gasteiger partial charge is 0.193 e. The third-order valence-corrected chi connectivity index (χ3v) is 2.67. The largest absolute Gasteiger partial charge is 0.379 e.